The van der Waals surface area contributed by atoms with E-state index in [0.29, 0.717) is 27.8 Å². The third kappa shape index (κ3) is 8.77. The summed E-state index contributed by atoms with van der Waals surface area (Å²) in [6.45, 7) is -0.815. The van der Waals surface area contributed by atoms with Gasteiger partial charge < -0.3 is 14.8 Å². The molecule has 0 aliphatic carbocycles. The zero-order chi connectivity index (χ0) is 30.8. The lowest BCUT2D eigenvalue weighted by Crippen LogP contribution is -2.39. The van der Waals surface area contributed by atoms with E-state index < -0.39 is 34.2 Å². The maximum atomic E-state index is 13.5. The Hall–Kier alpha value is -4.94. The molecule has 0 unspecified atom stereocenters. The fourth-order valence-corrected chi connectivity index (χ4v) is 5.22. The second-order valence-electron chi connectivity index (χ2n) is 8.87. The zero-order valence-corrected chi connectivity index (χ0v) is 24.3. The first-order valence-electron chi connectivity index (χ1n) is 12.7. The molecule has 0 heterocycles. The number of amides is 2. The number of hydrazone groups is 1. The first-order valence-corrected chi connectivity index (χ1v) is 14.5. The van der Waals surface area contributed by atoms with Crippen molar-refractivity contribution in [1.29, 1.82) is 0 Å². The van der Waals surface area contributed by atoms with Crippen molar-refractivity contribution in [1.82, 2.24) is 5.43 Å². The number of halogens is 2. The van der Waals surface area contributed by atoms with Gasteiger partial charge in [0.2, 0.25) is 0 Å². The number of ether oxygens (including phenoxy) is 2. The molecular weight excluding hydrogens is 599 g/mol. The van der Waals surface area contributed by atoms with Crippen molar-refractivity contribution in [3.63, 3.8) is 0 Å². The summed E-state index contributed by atoms with van der Waals surface area (Å²) in [5.74, 6) is -0.610. The number of hydrogen-bond donors (Lipinski definition) is 2. The van der Waals surface area contributed by atoms with Gasteiger partial charge in [0.05, 0.1) is 23.9 Å². The van der Waals surface area contributed by atoms with Crippen molar-refractivity contribution in [2.24, 2.45) is 5.10 Å². The van der Waals surface area contributed by atoms with Crippen LogP contribution in [0.3, 0.4) is 0 Å². The molecule has 0 aromatic heterocycles. The van der Waals surface area contributed by atoms with Crippen LogP contribution in [-0.2, 0) is 19.6 Å². The number of rotatable bonds is 12. The van der Waals surface area contributed by atoms with Gasteiger partial charge in [0.25, 0.3) is 21.8 Å². The Labute approximate surface area is 252 Å². The van der Waals surface area contributed by atoms with Crippen molar-refractivity contribution >= 4 is 51.0 Å². The van der Waals surface area contributed by atoms with Crippen LogP contribution in [0, 0.1) is 5.82 Å². The van der Waals surface area contributed by atoms with Crippen molar-refractivity contribution in [2.45, 2.75) is 4.90 Å². The van der Waals surface area contributed by atoms with E-state index in [2.05, 4.69) is 15.8 Å². The zero-order valence-electron chi connectivity index (χ0n) is 22.7. The maximum Gasteiger partial charge on any atom is 0.264 e. The van der Waals surface area contributed by atoms with Crippen LogP contribution in [0.2, 0.25) is 5.02 Å². The van der Waals surface area contributed by atoms with Gasteiger partial charge in [-0.05, 0) is 103 Å². The minimum Gasteiger partial charge on any atom is -0.497 e. The summed E-state index contributed by atoms with van der Waals surface area (Å²) >= 11 is 5.97. The highest BCUT2D eigenvalue weighted by Gasteiger charge is 2.27. The lowest BCUT2D eigenvalue weighted by atomic mass is 10.2. The average molecular weight is 625 g/mol. The van der Waals surface area contributed by atoms with Crippen molar-refractivity contribution in [3.8, 4) is 11.5 Å². The van der Waals surface area contributed by atoms with Gasteiger partial charge in [0.15, 0.2) is 6.61 Å². The molecule has 222 valence electrons. The molecular formula is C30H26ClFN4O6S. The Kier molecular flexibility index (Phi) is 10.3. The highest BCUT2D eigenvalue weighted by atomic mass is 35.5. The monoisotopic (exact) mass is 624 g/mol. The molecule has 0 saturated carbocycles. The van der Waals surface area contributed by atoms with Crippen LogP contribution in [0.15, 0.2) is 107 Å². The standard InChI is InChI=1S/C30H26ClFN4O6S/c1-41-26-14-16-28(17-15-26)43(39,40)36(25-10-4-22(31)5-11-25)19-29(37)35-33-18-21-2-12-27(13-3-21)42-20-30(38)34-24-8-6-23(32)7-9-24/h2-18H,19-20H2,1H3,(H,34,38)(H,35,37)/b33-18-. The van der Waals surface area contributed by atoms with E-state index in [-0.39, 0.29) is 17.2 Å². The SMILES string of the molecule is COc1ccc(S(=O)(=O)N(CC(=O)N/N=C\c2ccc(OCC(=O)Nc3ccc(F)cc3)cc2)c2ccc(Cl)cc2)cc1. The molecule has 10 nitrogen and oxygen atoms in total. The third-order valence-electron chi connectivity index (χ3n) is 5.83. The number of carbonyl (C=O) groups excluding carboxylic acids is 2. The summed E-state index contributed by atoms with van der Waals surface area (Å²) in [6.07, 6.45) is 1.37. The summed E-state index contributed by atoms with van der Waals surface area (Å²) in [5.41, 5.74) is 3.62. The molecule has 0 saturated heterocycles. The molecule has 13 heteroatoms. The molecule has 0 aliphatic heterocycles. The molecule has 4 aromatic rings. The highest BCUT2D eigenvalue weighted by molar-refractivity contribution is 7.92. The number of nitrogens with zero attached hydrogens (tertiary/aromatic N) is 2. The molecule has 2 amide bonds. The Morgan fingerprint density at radius 3 is 2.14 bits per heavy atom. The fourth-order valence-electron chi connectivity index (χ4n) is 3.67. The van der Waals surface area contributed by atoms with E-state index in [4.69, 9.17) is 21.1 Å². The van der Waals surface area contributed by atoms with E-state index in [1.165, 1.54) is 86.1 Å². The van der Waals surface area contributed by atoms with Crippen LogP contribution >= 0.6 is 11.6 Å². The molecule has 0 spiro atoms. The van der Waals surface area contributed by atoms with Gasteiger partial charge in [-0.15, -0.1) is 0 Å². The third-order valence-corrected chi connectivity index (χ3v) is 7.87. The van der Waals surface area contributed by atoms with Crippen LogP contribution in [-0.4, -0.2) is 46.7 Å². The Bertz CT molecular complexity index is 1680. The number of carbonyl (C=O) groups is 2. The van der Waals surface area contributed by atoms with E-state index in [0.717, 1.165) is 4.31 Å². The number of hydrogen-bond acceptors (Lipinski definition) is 7. The Morgan fingerprint density at radius 1 is 0.884 bits per heavy atom. The van der Waals surface area contributed by atoms with Crippen molar-refractivity contribution in [2.75, 3.05) is 29.9 Å². The molecule has 0 radical (unpaired) electrons. The molecule has 4 rings (SSSR count). The second-order valence-corrected chi connectivity index (χ2v) is 11.2. The summed E-state index contributed by atoms with van der Waals surface area (Å²) in [4.78, 5) is 24.8. The molecule has 4 aromatic carbocycles. The van der Waals surface area contributed by atoms with Gasteiger partial charge in [-0.3, -0.25) is 13.9 Å². The van der Waals surface area contributed by atoms with E-state index in [9.17, 15) is 22.4 Å². The predicted octanol–water partition coefficient (Wildman–Crippen LogP) is 4.85. The number of methoxy groups -OCH3 is 1. The number of anilines is 2. The van der Waals surface area contributed by atoms with Crippen LogP contribution in [0.5, 0.6) is 11.5 Å². The largest absolute Gasteiger partial charge is 0.497 e. The van der Waals surface area contributed by atoms with Crippen molar-refractivity contribution in [3.05, 3.63) is 113 Å². The molecule has 0 fully saturated rings. The van der Waals surface area contributed by atoms with Gasteiger partial charge in [-0.2, -0.15) is 5.10 Å². The Balaban J connectivity index is 1.35. The minimum atomic E-state index is -4.14. The van der Waals surface area contributed by atoms with E-state index in [1.807, 2.05) is 0 Å². The second kappa shape index (κ2) is 14.3. The topological polar surface area (TPSA) is 126 Å². The smallest absolute Gasteiger partial charge is 0.264 e. The molecule has 0 atom stereocenters. The molecule has 43 heavy (non-hydrogen) atoms. The molecule has 0 bridgehead atoms. The number of nitrogens with one attached hydrogen (secondary N) is 2. The fraction of sp³-hybridized carbons (Fsp3) is 0.100. The van der Waals surface area contributed by atoms with Crippen LogP contribution in [0.4, 0.5) is 15.8 Å². The average Bonchev–Trinajstić information content (AvgIpc) is 3.01. The van der Waals surface area contributed by atoms with Crippen LogP contribution < -0.4 is 24.5 Å². The van der Waals surface area contributed by atoms with Crippen LogP contribution in [0.1, 0.15) is 5.56 Å². The van der Waals surface area contributed by atoms with Gasteiger partial charge >= 0.3 is 0 Å². The highest BCUT2D eigenvalue weighted by Crippen LogP contribution is 2.26. The quantitative estimate of drug-likeness (QED) is 0.171. The first kappa shape index (κ1) is 31.0. The first-order chi connectivity index (χ1) is 20.6. The van der Waals surface area contributed by atoms with Gasteiger partial charge in [0, 0.05) is 10.7 Å². The number of benzene rings is 4. The number of sulfonamides is 1. The van der Waals surface area contributed by atoms with Crippen molar-refractivity contribution < 1.29 is 31.9 Å². The molecule has 0 aliphatic rings. The van der Waals surface area contributed by atoms with Gasteiger partial charge in [0.1, 0.15) is 23.9 Å². The lowest BCUT2D eigenvalue weighted by molar-refractivity contribution is -0.119. The lowest BCUT2D eigenvalue weighted by Gasteiger charge is -2.23. The summed E-state index contributed by atoms with van der Waals surface area (Å²) in [7, 11) is -2.67. The van der Waals surface area contributed by atoms with Gasteiger partial charge in [-0.1, -0.05) is 11.6 Å². The summed E-state index contributed by atoms with van der Waals surface area (Å²) < 4.78 is 51.4. The van der Waals surface area contributed by atoms with Gasteiger partial charge in [-0.25, -0.2) is 18.2 Å². The van der Waals surface area contributed by atoms with E-state index >= 15 is 0 Å². The van der Waals surface area contributed by atoms with E-state index in [1.54, 1.807) is 24.3 Å². The maximum absolute atomic E-state index is 13.5. The summed E-state index contributed by atoms with van der Waals surface area (Å²) in [5, 5.41) is 6.92. The summed E-state index contributed by atoms with van der Waals surface area (Å²) in [6, 6.07) is 23.7. The molecule has 2 N–H and O–H groups in total. The van der Waals surface area contributed by atoms with Crippen LogP contribution in [0.25, 0.3) is 0 Å². The minimum absolute atomic E-state index is 0.0326. The normalized spacial score (nSPS) is 11.1. The Morgan fingerprint density at radius 2 is 1.51 bits per heavy atom. The predicted molar refractivity (Wildman–Crippen MR) is 162 cm³/mol.